The lowest BCUT2D eigenvalue weighted by Gasteiger charge is -2.09. The van der Waals surface area contributed by atoms with E-state index in [4.69, 9.17) is 0 Å². The lowest BCUT2D eigenvalue weighted by molar-refractivity contribution is -0.140. The standard InChI is InChI=1S/C14H18O6S2/c1-19-12(16)3-5-21-10-7-9(15)8-11(14(10)18)22-6-4-13(17)20-2/h7-8,15,18H,3-6H2,1-2H3/p+1. The molecule has 0 saturated heterocycles. The number of phenolic OH excluding ortho intramolecular Hbond substituents is 2. The lowest BCUT2D eigenvalue weighted by Crippen LogP contribution is -2.01. The first-order chi connectivity index (χ1) is 10.5. The van der Waals surface area contributed by atoms with E-state index in [-0.39, 0.29) is 29.9 Å². The molecule has 0 aliphatic heterocycles. The minimum atomic E-state index is -0.327. The monoisotopic (exact) mass is 347 g/mol. The highest BCUT2D eigenvalue weighted by molar-refractivity contribution is 8.00. The number of rotatable bonds is 8. The number of esters is 2. The highest BCUT2D eigenvalue weighted by Crippen LogP contribution is 2.40. The Balaban J connectivity index is 2.66. The van der Waals surface area contributed by atoms with Gasteiger partial charge >= 0.3 is 11.9 Å². The number of hydrogen-bond donors (Lipinski definition) is 2. The maximum absolute atomic E-state index is 11.1. The van der Waals surface area contributed by atoms with Gasteiger partial charge < -0.3 is 24.5 Å². The molecule has 0 heterocycles. The van der Waals surface area contributed by atoms with Gasteiger partial charge in [-0.3, -0.25) is 4.79 Å². The number of carbonyl (C=O) groups excluding carboxylic acids is 2. The van der Waals surface area contributed by atoms with E-state index in [1.165, 1.54) is 49.9 Å². The molecule has 122 valence electrons. The average Bonchev–Trinajstić information content (AvgIpc) is 2.50. The molecule has 1 rings (SSSR count). The predicted molar refractivity (Wildman–Crippen MR) is 86.4 cm³/mol. The van der Waals surface area contributed by atoms with E-state index < -0.39 is 0 Å². The third kappa shape index (κ3) is 6.07. The number of phenols is 2. The van der Waals surface area contributed by atoms with Gasteiger partial charge in [0.1, 0.15) is 17.9 Å². The Morgan fingerprint density at radius 1 is 1.09 bits per heavy atom. The van der Waals surface area contributed by atoms with Gasteiger partial charge in [0.15, 0.2) is 7.11 Å². The SMILES string of the molecule is COC(=O)CCSc1cc(O)cc(SCCC(=[OH+])OC)c1O. The zero-order chi connectivity index (χ0) is 16.5. The summed E-state index contributed by atoms with van der Waals surface area (Å²) in [4.78, 5) is 21.3. The molecule has 0 unspecified atom stereocenters. The predicted octanol–water partition coefficient (Wildman–Crippen LogP) is 2.38. The zero-order valence-electron chi connectivity index (χ0n) is 12.4. The number of carbonyl (C=O) groups is 1. The Morgan fingerprint density at radius 3 is 2.14 bits per heavy atom. The molecule has 6 nitrogen and oxygen atoms in total. The van der Waals surface area contributed by atoms with E-state index >= 15 is 0 Å². The summed E-state index contributed by atoms with van der Waals surface area (Å²) >= 11 is 2.55. The van der Waals surface area contributed by atoms with Gasteiger partial charge in [0.25, 0.3) is 0 Å². The van der Waals surface area contributed by atoms with E-state index in [9.17, 15) is 19.8 Å². The summed E-state index contributed by atoms with van der Waals surface area (Å²) in [7, 11) is 2.70. The van der Waals surface area contributed by atoms with Crippen molar-refractivity contribution in [2.75, 3.05) is 25.7 Å². The summed E-state index contributed by atoms with van der Waals surface area (Å²) in [6, 6.07) is 2.90. The molecule has 0 spiro atoms. The van der Waals surface area contributed by atoms with Gasteiger partial charge in [0, 0.05) is 11.5 Å². The van der Waals surface area contributed by atoms with E-state index in [2.05, 4.69) is 9.47 Å². The first-order valence-corrected chi connectivity index (χ1v) is 8.42. The molecule has 0 aliphatic carbocycles. The van der Waals surface area contributed by atoms with Crippen molar-refractivity contribution in [1.29, 1.82) is 0 Å². The highest BCUT2D eigenvalue weighted by Gasteiger charge is 2.14. The van der Waals surface area contributed by atoms with Crippen molar-refractivity contribution in [2.45, 2.75) is 22.6 Å². The van der Waals surface area contributed by atoms with Crippen LogP contribution < -0.4 is 0 Å². The summed E-state index contributed by atoms with van der Waals surface area (Å²) in [6.45, 7) is 0. The summed E-state index contributed by atoms with van der Waals surface area (Å²) in [5.41, 5.74) is 0. The van der Waals surface area contributed by atoms with Gasteiger partial charge in [-0.15, -0.1) is 23.5 Å². The Morgan fingerprint density at radius 2 is 1.64 bits per heavy atom. The summed E-state index contributed by atoms with van der Waals surface area (Å²) < 4.78 is 9.20. The molecule has 0 fully saturated rings. The van der Waals surface area contributed by atoms with Crippen LogP contribution in [0.15, 0.2) is 21.9 Å². The number of benzene rings is 1. The number of thioether (sulfide) groups is 2. The molecule has 1 aromatic carbocycles. The minimum Gasteiger partial charge on any atom is -0.508 e. The van der Waals surface area contributed by atoms with Gasteiger partial charge in [0.2, 0.25) is 0 Å². The Bertz CT molecular complexity index is 489. The Kier molecular flexibility index (Phi) is 7.97. The molecule has 1 aromatic rings. The van der Waals surface area contributed by atoms with Crippen molar-refractivity contribution < 1.29 is 29.3 Å². The molecule has 0 atom stereocenters. The number of methoxy groups -OCH3 is 2. The second-order valence-corrected chi connectivity index (χ2v) is 6.44. The van der Waals surface area contributed by atoms with Gasteiger partial charge in [-0.05, 0) is 12.1 Å². The fourth-order valence-corrected chi connectivity index (χ4v) is 3.44. The third-order valence-corrected chi connectivity index (χ3v) is 4.69. The molecule has 0 aromatic heterocycles. The molecule has 0 saturated carbocycles. The number of hydrogen-bond acceptors (Lipinski definition) is 7. The summed E-state index contributed by atoms with van der Waals surface area (Å²) in [5, 5.41) is 19.9. The van der Waals surface area contributed by atoms with Crippen LogP contribution in [0.1, 0.15) is 12.8 Å². The number of ether oxygens (including phenoxy) is 2. The Hall–Kier alpha value is -1.54. The maximum Gasteiger partial charge on any atom is 0.483 e. The van der Waals surface area contributed by atoms with Crippen LogP contribution >= 0.6 is 23.5 Å². The first kappa shape index (κ1) is 18.5. The normalized spacial score (nSPS) is 10.3. The van der Waals surface area contributed by atoms with Crippen LogP contribution in [0.25, 0.3) is 0 Å². The van der Waals surface area contributed by atoms with Crippen molar-refractivity contribution in [3.05, 3.63) is 12.1 Å². The van der Waals surface area contributed by atoms with Crippen LogP contribution in [-0.4, -0.2) is 52.7 Å². The number of aromatic hydroxyl groups is 2. The lowest BCUT2D eigenvalue weighted by atomic mass is 10.3. The third-order valence-electron chi connectivity index (χ3n) is 2.63. The maximum atomic E-state index is 11.1. The van der Waals surface area contributed by atoms with Crippen LogP contribution in [0.4, 0.5) is 0 Å². The second kappa shape index (κ2) is 9.47. The zero-order valence-corrected chi connectivity index (χ0v) is 14.0. The molecule has 0 radical (unpaired) electrons. The van der Waals surface area contributed by atoms with Gasteiger partial charge in [-0.25, -0.2) is 0 Å². The molecule has 0 amide bonds. The molecule has 3 N–H and O–H groups in total. The first-order valence-electron chi connectivity index (χ1n) is 6.45. The van der Waals surface area contributed by atoms with E-state index in [0.29, 0.717) is 27.7 Å². The molecule has 0 aliphatic rings. The fraction of sp³-hybridized carbons (Fsp3) is 0.429. The van der Waals surface area contributed by atoms with Crippen LogP contribution in [0.5, 0.6) is 11.5 Å². The van der Waals surface area contributed by atoms with Crippen molar-refractivity contribution in [3.63, 3.8) is 0 Å². The van der Waals surface area contributed by atoms with Crippen LogP contribution in [0.3, 0.4) is 0 Å². The summed E-state index contributed by atoms with van der Waals surface area (Å²) in [6.07, 6.45) is 0.538. The smallest absolute Gasteiger partial charge is 0.483 e. The Labute approximate surface area is 137 Å². The highest BCUT2D eigenvalue weighted by atomic mass is 32.2. The van der Waals surface area contributed by atoms with E-state index in [1.807, 2.05) is 0 Å². The largest absolute Gasteiger partial charge is 0.508 e. The van der Waals surface area contributed by atoms with Gasteiger partial charge in [-0.2, -0.15) is 0 Å². The molecular weight excluding hydrogens is 328 g/mol. The molecule has 8 heteroatoms. The molecule has 22 heavy (non-hydrogen) atoms. The van der Waals surface area contributed by atoms with Crippen molar-refractivity contribution in [1.82, 2.24) is 0 Å². The van der Waals surface area contributed by atoms with Crippen molar-refractivity contribution >= 4 is 35.5 Å². The molecule has 0 bridgehead atoms. The van der Waals surface area contributed by atoms with Crippen molar-refractivity contribution in [3.8, 4) is 11.5 Å². The van der Waals surface area contributed by atoms with Crippen molar-refractivity contribution in [2.24, 2.45) is 0 Å². The van der Waals surface area contributed by atoms with E-state index in [1.54, 1.807) is 0 Å². The quantitative estimate of drug-likeness (QED) is 0.322. The average molecular weight is 347 g/mol. The fourth-order valence-electron chi connectivity index (χ4n) is 1.49. The minimum absolute atomic E-state index is 0.0285. The van der Waals surface area contributed by atoms with Gasteiger partial charge in [-0.1, -0.05) is 0 Å². The van der Waals surface area contributed by atoms with Gasteiger partial charge in [0.05, 0.1) is 23.3 Å². The molecular formula is C14H19O6S2+. The second-order valence-electron chi connectivity index (χ2n) is 4.16. The van der Waals surface area contributed by atoms with E-state index in [0.717, 1.165) is 0 Å². The van der Waals surface area contributed by atoms with Crippen LogP contribution in [0.2, 0.25) is 0 Å². The van der Waals surface area contributed by atoms with Crippen LogP contribution in [-0.2, 0) is 14.3 Å². The van der Waals surface area contributed by atoms with Crippen LogP contribution in [0, 0.1) is 0 Å². The summed E-state index contributed by atoms with van der Waals surface area (Å²) in [5.74, 6) is 0.595. The topological polar surface area (TPSA) is 97.4 Å².